The maximum Gasteiger partial charge on any atom is 0.265 e. The van der Waals surface area contributed by atoms with Crippen LogP contribution in [0.3, 0.4) is 0 Å². The molecular weight excluding hydrogens is 224 g/mol. The number of aliphatic hydroxyl groups is 1. The van der Waals surface area contributed by atoms with E-state index in [1.807, 2.05) is 20.8 Å². The normalized spacial score (nSPS) is 18.7. The van der Waals surface area contributed by atoms with Crippen LogP contribution >= 0.6 is 11.3 Å². The Morgan fingerprint density at radius 1 is 1.62 bits per heavy atom. The van der Waals surface area contributed by atoms with Crippen LogP contribution in [-0.4, -0.2) is 39.6 Å². The molecular formula is C11H16N2O2S. The minimum absolute atomic E-state index is 0.0177. The number of thiazole rings is 1. The molecule has 88 valence electrons. The van der Waals surface area contributed by atoms with Crippen molar-refractivity contribution < 1.29 is 9.90 Å². The summed E-state index contributed by atoms with van der Waals surface area (Å²) in [5.41, 5.74) is -0.699. The van der Waals surface area contributed by atoms with Crippen LogP contribution in [0.4, 0.5) is 0 Å². The van der Waals surface area contributed by atoms with Crippen LogP contribution in [0.15, 0.2) is 6.20 Å². The van der Waals surface area contributed by atoms with Crippen molar-refractivity contribution in [2.24, 2.45) is 5.92 Å². The molecule has 1 aliphatic heterocycles. The molecule has 1 aromatic heterocycles. The maximum atomic E-state index is 11.9. The average molecular weight is 240 g/mol. The van der Waals surface area contributed by atoms with E-state index in [0.717, 1.165) is 5.01 Å². The van der Waals surface area contributed by atoms with Gasteiger partial charge in [-0.15, -0.1) is 11.3 Å². The molecule has 16 heavy (non-hydrogen) atoms. The molecule has 5 heteroatoms. The highest BCUT2D eigenvalue weighted by Crippen LogP contribution is 2.30. The van der Waals surface area contributed by atoms with E-state index in [9.17, 15) is 9.90 Å². The first-order valence-electron chi connectivity index (χ1n) is 5.36. The molecule has 0 aromatic carbocycles. The van der Waals surface area contributed by atoms with Gasteiger partial charge in [0, 0.05) is 0 Å². The number of nitrogens with zero attached hydrogens (tertiary/aromatic N) is 2. The van der Waals surface area contributed by atoms with Gasteiger partial charge in [0.15, 0.2) is 0 Å². The maximum absolute atomic E-state index is 11.9. The van der Waals surface area contributed by atoms with Crippen LogP contribution in [0.25, 0.3) is 0 Å². The van der Waals surface area contributed by atoms with Gasteiger partial charge in [0.2, 0.25) is 0 Å². The van der Waals surface area contributed by atoms with E-state index in [-0.39, 0.29) is 11.8 Å². The minimum atomic E-state index is -0.699. The quantitative estimate of drug-likeness (QED) is 0.847. The Bertz CT molecular complexity index is 408. The van der Waals surface area contributed by atoms with E-state index < -0.39 is 5.60 Å². The number of hydrogen-bond acceptors (Lipinski definition) is 4. The fourth-order valence-electron chi connectivity index (χ4n) is 1.74. The summed E-state index contributed by atoms with van der Waals surface area (Å²) in [4.78, 5) is 18.3. The number of carbonyl (C=O) groups is 1. The molecule has 0 radical (unpaired) electrons. The summed E-state index contributed by atoms with van der Waals surface area (Å²) >= 11 is 1.40. The Labute approximate surface area is 98.9 Å². The van der Waals surface area contributed by atoms with Crippen molar-refractivity contribution in [2.75, 3.05) is 13.1 Å². The first kappa shape index (κ1) is 11.5. The lowest BCUT2D eigenvalue weighted by Gasteiger charge is -2.48. The second-order valence-corrected chi connectivity index (χ2v) is 5.90. The highest BCUT2D eigenvalue weighted by molar-refractivity contribution is 7.13. The van der Waals surface area contributed by atoms with Gasteiger partial charge in [0.1, 0.15) is 10.5 Å². The average Bonchev–Trinajstić information content (AvgIpc) is 2.58. The van der Waals surface area contributed by atoms with E-state index in [2.05, 4.69) is 4.98 Å². The predicted molar refractivity (Wildman–Crippen MR) is 62.5 cm³/mol. The summed E-state index contributed by atoms with van der Waals surface area (Å²) in [6.45, 7) is 6.68. The lowest BCUT2D eigenvalue weighted by atomic mass is 9.83. The zero-order chi connectivity index (χ0) is 11.9. The van der Waals surface area contributed by atoms with E-state index in [1.54, 1.807) is 11.1 Å². The molecule has 1 aliphatic rings. The molecule has 0 bridgehead atoms. The summed E-state index contributed by atoms with van der Waals surface area (Å²) in [6.07, 6.45) is 1.61. The number of aromatic nitrogens is 1. The Balaban J connectivity index is 2.00. The third kappa shape index (κ3) is 1.85. The number of carbonyl (C=O) groups excluding carboxylic acids is 1. The molecule has 1 saturated heterocycles. The number of likely N-dealkylation sites (tertiary alicyclic amines) is 1. The van der Waals surface area contributed by atoms with Gasteiger partial charge in [-0.3, -0.25) is 4.79 Å². The van der Waals surface area contributed by atoms with Gasteiger partial charge in [-0.25, -0.2) is 4.98 Å². The number of aryl methyl sites for hydroxylation is 1. The fraction of sp³-hybridized carbons (Fsp3) is 0.636. The van der Waals surface area contributed by atoms with Crippen LogP contribution in [0.2, 0.25) is 0 Å². The minimum Gasteiger partial charge on any atom is -0.386 e. The molecule has 2 rings (SSSR count). The topological polar surface area (TPSA) is 53.4 Å². The SMILES string of the molecule is Cc1ncc(C(=O)N2CC(O)(C(C)C)C2)s1. The lowest BCUT2D eigenvalue weighted by Crippen LogP contribution is -2.65. The molecule has 0 saturated carbocycles. The molecule has 1 aromatic rings. The number of hydrogen-bond donors (Lipinski definition) is 1. The third-order valence-corrected chi connectivity index (χ3v) is 4.02. The zero-order valence-corrected chi connectivity index (χ0v) is 10.5. The van der Waals surface area contributed by atoms with Crippen molar-refractivity contribution in [2.45, 2.75) is 26.4 Å². The molecule has 0 aliphatic carbocycles. The fourth-order valence-corrected chi connectivity index (χ4v) is 2.49. The van der Waals surface area contributed by atoms with E-state index in [0.29, 0.717) is 18.0 Å². The van der Waals surface area contributed by atoms with Crippen molar-refractivity contribution in [1.82, 2.24) is 9.88 Å². The van der Waals surface area contributed by atoms with Crippen LogP contribution in [-0.2, 0) is 0 Å². The summed E-state index contributed by atoms with van der Waals surface area (Å²) in [6, 6.07) is 0. The highest BCUT2D eigenvalue weighted by Gasteiger charge is 2.46. The summed E-state index contributed by atoms with van der Waals surface area (Å²) < 4.78 is 0. The summed E-state index contributed by atoms with van der Waals surface area (Å²) in [5.74, 6) is 0.163. The monoisotopic (exact) mass is 240 g/mol. The first-order valence-corrected chi connectivity index (χ1v) is 6.18. The molecule has 0 spiro atoms. The van der Waals surface area contributed by atoms with Crippen LogP contribution in [0.1, 0.15) is 28.5 Å². The number of rotatable bonds is 2. The Morgan fingerprint density at radius 2 is 2.25 bits per heavy atom. The lowest BCUT2D eigenvalue weighted by molar-refractivity contribution is -0.110. The predicted octanol–water partition coefficient (Wildman–Crippen LogP) is 1.29. The Hall–Kier alpha value is -0.940. The van der Waals surface area contributed by atoms with Gasteiger partial charge in [-0.1, -0.05) is 13.8 Å². The van der Waals surface area contributed by atoms with Gasteiger partial charge >= 0.3 is 0 Å². The second kappa shape index (κ2) is 3.82. The van der Waals surface area contributed by atoms with Gasteiger partial charge in [-0.05, 0) is 12.8 Å². The molecule has 1 fully saturated rings. The van der Waals surface area contributed by atoms with Crippen molar-refractivity contribution in [3.63, 3.8) is 0 Å². The molecule has 0 unspecified atom stereocenters. The van der Waals surface area contributed by atoms with Crippen LogP contribution < -0.4 is 0 Å². The molecule has 2 heterocycles. The standard InChI is InChI=1S/C11H16N2O2S/c1-7(2)11(15)5-13(6-11)10(14)9-4-12-8(3)16-9/h4,7,15H,5-6H2,1-3H3. The van der Waals surface area contributed by atoms with Crippen molar-refractivity contribution in [3.8, 4) is 0 Å². The van der Waals surface area contributed by atoms with Crippen molar-refractivity contribution in [3.05, 3.63) is 16.1 Å². The van der Waals surface area contributed by atoms with Crippen LogP contribution in [0.5, 0.6) is 0 Å². The second-order valence-electron chi connectivity index (χ2n) is 4.66. The van der Waals surface area contributed by atoms with Crippen molar-refractivity contribution in [1.29, 1.82) is 0 Å². The molecule has 1 amide bonds. The largest absolute Gasteiger partial charge is 0.386 e. The summed E-state index contributed by atoms with van der Waals surface area (Å²) in [7, 11) is 0. The van der Waals surface area contributed by atoms with Gasteiger partial charge in [0.05, 0.1) is 24.3 Å². The van der Waals surface area contributed by atoms with Gasteiger partial charge in [0.25, 0.3) is 5.91 Å². The molecule has 1 N–H and O–H groups in total. The van der Waals surface area contributed by atoms with E-state index in [1.165, 1.54) is 11.3 Å². The number of amides is 1. The third-order valence-electron chi connectivity index (χ3n) is 3.12. The van der Waals surface area contributed by atoms with Crippen molar-refractivity contribution >= 4 is 17.2 Å². The smallest absolute Gasteiger partial charge is 0.265 e. The zero-order valence-electron chi connectivity index (χ0n) is 9.73. The highest BCUT2D eigenvalue weighted by atomic mass is 32.1. The molecule has 0 atom stereocenters. The molecule has 4 nitrogen and oxygen atoms in total. The van der Waals surface area contributed by atoms with E-state index in [4.69, 9.17) is 0 Å². The number of β-amino-alcohol motifs (C(OH)–C–C–N with tert-alkyl or cyclic N) is 1. The first-order chi connectivity index (χ1) is 7.42. The van der Waals surface area contributed by atoms with Gasteiger partial charge < -0.3 is 10.0 Å². The van der Waals surface area contributed by atoms with E-state index >= 15 is 0 Å². The Morgan fingerprint density at radius 3 is 2.69 bits per heavy atom. The van der Waals surface area contributed by atoms with Crippen LogP contribution in [0, 0.1) is 12.8 Å². The van der Waals surface area contributed by atoms with Gasteiger partial charge in [-0.2, -0.15) is 0 Å². The Kier molecular flexibility index (Phi) is 2.75. The summed E-state index contributed by atoms with van der Waals surface area (Å²) in [5, 5.41) is 10.9.